The third-order valence-corrected chi connectivity index (χ3v) is 3.03. The van der Waals surface area contributed by atoms with Crippen molar-refractivity contribution in [2.24, 2.45) is 5.73 Å². The SMILES string of the molecule is NC(=O)C(Nc1ccccc1F)c1cncs1. The van der Waals surface area contributed by atoms with Crippen LogP contribution in [-0.4, -0.2) is 10.9 Å². The maximum atomic E-state index is 13.4. The van der Waals surface area contributed by atoms with Crippen molar-refractivity contribution >= 4 is 22.9 Å². The molecule has 0 saturated heterocycles. The number of nitrogens with zero attached hydrogens (tertiary/aromatic N) is 1. The zero-order chi connectivity index (χ0) is 12.3. The molecule has 0 fully saturated rings. The number of primary amides is 1. The van der Waals surface area contributed by atoms with E-state index in [1.54, 1.807) is 23.7 Å². The number of anilines is 1. The van der Waals surface area contributed by atoms with Gasteiger partial charge in [0.05, 0.1) is 16.1 Å². The smallest absolute Gasteiger partial charge is 0.245 e. The molecule has 3 N–H and O–H groups in total. The number of para-hydroxylation sites is 1. The molecule has 1 heterocycles. The predicted octanol–water partition coefficient (Wildman–Crippen LogP) is 1.92. The zero-order valence-electron chi connectivity index (χ0n) is 8.76. The van der Waals surface area contributed by atoms with Crippen molar-refractivity contribution in [2.45, 2.75) is 6.04 Å². The average molecular weight is 251 g/mol. The Morgan fingerprint density at radius 1 is 1.47 bits per heavy atom. The molecule has 0 spiro atoms. The van der Waals surface area contributed by atoms with Gasteiger partial charge in [0.2, 0.25) is 5.91 Å². The number of halogens is 1. The van der Waals surface area contributed by atoms with Gasteiger partial charge in [-0.15, -0.1) is 11.3 Å². The van der Waals surface area contributed by atoms with Crippen LogP contribution in [0.25, 0.3) is 0 Å². The average Bonchev–Trinajstić information content (AvgIpc) is 2.81. The Morgan fingerprint density at radius 3 is 2.82 bits per heavy atom. The molecule has 1 unspecified atom stereocenters. The quantitative estimate of drug-likeness (QED) is 0.872. The van der Waals surface area contributed by atoms with Crippen LogP contribution < -0.4 is 11.1 Å². The Labute approximate surface area is 101 Å². The summed E-state index contributed by atoms with van der Waals surface area (Å²) in [5.74, 6) is -0.999. The van der Waals surface area contributed by atoms with Gasteiger partial charge in [-0.1, -0.05) is 12.1 Å². The van der Waals surface area contributed by atoms with Gasteiger partial charge in [-0.05, 0) is 12.1 Å². The number of nitrogens with one attached hydrogen (secondary N) is 1. The minimum absolute atomic E-state index is 0.240. The number of benzene rings is 1. The standard InChI is InChI=1S/C11H10FN3OS/c12-7-3-1-2-4-8(7)15-10(11(13)16)9-5-14-6-17-9/h1-6,10,15H,(H2,13,16). The second-order valence-electron chi connectivity index (χ2n) is 3.36. The summed E-state index contributed by atoms with van der Waals surface area (Å²) in [7, 11) is 0. The van der Waals surface area contributed by atoms with Crippen LogP contribution in [0.1, 0.15) is 10.9 Å². The van der Waals surface area contributed by atoms with Crippen LogP contribution in [0.3, 0.4) is 0 Å². The molecule has 1 aromatic heterocycles. The highest BCUT2D eigenvalue weighted by Crippen LogP contribution is 2.23. The van der Waals surface area contributed by atoms with Crippen molar-refractivity contribution in [1.82, 2.24) is 4.98 Å². The first-order chi connectivity index (χ1) is 8.18. The van der Waals surface area contributed by atoms with Crippen LogP contribution in [-0.2, 0) is 4.79 Å². The molecule has 1 amide bonds. The molecule has 0 saturated carbocycles. The van der Waals surface area contributed by atoms with Crippen LogP contribution in [0.15, 0.2) is 36.0 Å². The van der Waals surface area contributed by atoms with Gasteiger partial charge in [0.25, 0.3) is 0 Å². The van der Waals surface area contributed by atoms with E-state index in [1.807, 2.05) is 0 Å². The second-order valence-corrected chi connectivity index (χ2v) is 4.28. The number of aromatic nitrogens is 1. The van der Waals surface area contributed by atoms with Crippen molar-refractivity contribution in [2.75, 3.05) is 5.32 Å². The Morgan fingerprint density at radius 2 is 2.24 bits per heavy atom. The fraction of sp³-hybridized carbons (Fsp3) is 0.0909. The Hall–Kier alpha value is -1.95. The molecule has 17 heavy (non-hydrogen) atoms. The lowest BCUT2D eigenvalue weighted by molar-refractivity contribution is -0.118. The summed E-state index contributed by atoms with van der Waals surface area (Å²) in [5, 5.41) is 2.77. The van der Waals surface area contributed by atoms with Crippen molar-refractivity contribution in [3.05, 3.63) is 46.7 Å². The molecule has 0 bridgehead atoms. The Kier molecular flexibility index (Phi) is 3.34. The van der Waals surface area contributed by atoms with Crippen molar-refractivity contribution in [3.8, 4) is 0 Å². The molecule has 0 aliphatic heterocycles. The van der Waals surface area contributed by atoms with Crippen LogP contribution in [0, 0.1) is 5.82 Å². The Bertz CT molecular complexity index is 515. The third kappa shape index (κ3) is 2.59. The summed E-state index contributed by atoms with van der Waals surface area (Å²) in [4.78, 5) is 15.8. The maximum Gasteiger partial charge on any atom is 0.245 e. The van der Waals surface area contributed by atoms with E-state index >= 15 is 0 Å². The van der Waals surface area contributed by atoms with E-state index in [0.29, 0.717) is 4.88 Å². The molecule has 2 rings (SSSR count). The summed E-state index contributed by atoms with van der Waals surface area (Å²) >= 11 is 1.29. The molecule has 4 nitrogen and oxygen atoms in total. The van der Waals surface area contributed by atoms with E-state index in [-0.39, 0.29) is 5.69 Å². The highest BCUT2D eigenvalue weighted by Gasteiger charge is 2.20. The van der Waals surface area contributed by atoms with Crippen LogP contribution >= 0.6 is 11.3 Å². The number of carbonyl (C=O) groups excluding carboxylic acids is 1. The number of carbonyl (C=O) groups is 1. The van der Waals surface area contributed by atoms with E-state index < -0.39 is 17.8 Å². The number of hydrogen-bond donors (Lipinski definition) is 2. The largest absolute Gasteiger partial charge is 0.368 e. The fourth-order valence-corrected chi connectivity index (χ4v) is 2.06. The molecular weight excluding hydrogens is 241 g/mol. The lowest BCUT2D eigenvalue weighted by Gasteiger charge is -2.15. The summed E-state index contributed by atoms with van der Waals surface area (Å²) in [6.07, 6.45) is 1.54. The third-order valence-electron chi connectivity index (χ3n) is 2.19. The summed E-state index contributed by atoms with van der Waals surface area (Å²) in [6.45, 7) is 0. The summed E-state index contributed by atoms with van der Waals surface area (Å²) in [6, 6.07) is 5.35. The van der Waals surface area contributed by atoms with Gasteiger partial charge in [-0.3, -0.25) is 9.78 Å². The number of amides is 1. The second kappa shape index (κ2) is 4.92. The van der Waals surface area contributed by atoms with Gasteiger partial charge in [0, 0.05) is 6.20 Å². The minimum atomic E-state index is -0.764. The molecule has 1 aromatic carbocycles. The number of thiazole rings is 1. The summed E-state index contributed by atoms with van der Waals surface area (Å²) < 4.78 is 13.4. The van der Waals surface area contributed by atoms with Gasteiger partial charge < -0.3 is 11.1 Å². The van der Waals surface area contributed by atoms with Crippen molar-refractivity contribution in [1.29, 1.82) is 0 Å². The van der Waals surface area contributed by atoms with E-state index in [4.69, 9.17) is 5.73 Å². The van der Waals surface area contributed by atoms with Crippen LogP contribution in [0.4, 0.5) is 10.1 Å². The predicted molar refractivity (Wildman–Crippen MR) is 64.1 cm³/mol. The molecule has 6 heteroatoms. The van der Waals surface area contributed by atoms with E-state index in [0.717, 1.165) is 0 Å². The minimum Gasteiger partial charge on any atom is -0.368 e. The lowest BCUT2D eigenvalue weighted by Crippen LogP contribution is -2.27. The first-order valence-electron chi connectivity index (χ1n) is 4.87. The van der Waals surface area contributed by atoms with Crippen molar-refractivity contribution in [3.63, 3.8) is 0 Å². The lowest BCUT2D eigenvalue weighted by atomic mass is 10.2. The normalized spacial score (nSPS) is 12.1. The molecule has 1 atom stereocenters. The summed E-state index contributed by atoms with van der Waals surface area (Å²) in [5.41, 5.74) is 7.11. The van der Waals surface area contributed by atoms with E-state index in [2.05, 4.69) is 10.3 Å². The Balaban J connectivity index is 2.26. The number of hydrogen-bond acceptors (Lipinski definition) is 4. The molecule has 0 aliphatic rings. The molecule has 0 radical (unpaired) electrons. The first-order valence-corrected chi connectivity index (χ1v) is 5.75. The van der Waals surface area contributed by atoms with Crippen LogP contribution in [0.5, 0.6) is 0 Å². The molecule has 0 aliphatic carbocycles. The van der Waals surface area contributed by atoms with Crippen molar-refractivity contribution < 1.29 is 9.18 Å². The highest BCUT2D eigenvalue weighted by atomic mass is 32.1. The monoisotopic (exact) mass is 251 g/mol. The van der Waals surface area contributed by atoms with Gasteiger partial charge in [0.1, 0.15) is 11.9 Å². The van der Waals surface area contributed by atoms with Gasteiger partial charge >= 0.3 is 0 Å². The maximum absolute atomic E-state index is 13.4. The van der Waals surface area contributed by atoms with Gasteiger partial charge in [0.15, 0.2) is 0 Å². The highest BCUT2D eigenvalue weighted by molar-refractivity contribution is 7.09. The molecule has 88 valence electrons. The zero-order valence-corrected chi connectivity index (χ0v) is 9.58. The van der Waals surface area contributed by atoms with E-state index in [9.17, 15) is 9.18 Å². The van der Waals surface area contributed by atoms with E-state index in [1.165, 1.54) is 23.6 Å². The number of nitrogens with two attached hydrogens (primary N) is 1. The first kappa shape index (κ1) is 11.5. The van der Waals surface area contributed by atoms with Crippen LogP contribution in [0.2, 0.25) is 0 Å². The fourth-order valence-electron chi connectivity index (χ4n) is 1.38. The topological polar surface area (TPSA) is 68.0 Å². The molecule has 2 aromatic rings. The molecular formula is C11H10FN3OS. The van der Waals surface area contributed by atoms with Gasteiger partial charge in [-0.25, -0.2) is 4.39 Å². The number of rotatable bonds is 4. The van der Waals surface area contributed by atoms with Gasteiger partial charge in [-0.2, -0.15) is 0 Å².